The highest BCUT2D eigenvalue weighted by molar-refractivity contribution is 7.91. The fraction of sp³-hybridized carbons (Fsp3) is 0.250. The van der Waals surface area contributed by atoms with Gasteiger partial charge in [0.15, 0.2) is 9.84 Å². The van der Waals surface area contributed by atoms with Gasteiger partial charge in [0, 0.05) is 10.8 Å². The molecule has 5 heteroatoms. The Labute approximate surface area is 88.2 Å². The van der Waals surface area contributed by atoms with Gasteiger partial charge in [-0.3, -0.25) is 0 Å². The van der Waals surface area contributed by atoms with Crippen LogP contribution in [0.1, 0.15) is 0 Å². The third-order valence-corrected chi connectivity index (χ3v) is 3.98. The number of alkyl halides is 1. The minimum Gasteiger partial charge on any atom is -0.224 e. The van der Waals surface area contributed by atoms with Crippen LogP contribution in [-0.4, -0.2) is 20.1 Å². The molecule has 0 unspecified atom stereocenters. The zero-order chi connectivity index (χ0) is 9.90. The van der Waals surface area contributed by atoms with Gasteiger partial charge in [0.05, 0.1) is 10.6 Å². The van der Waals surface area contributed by atoms with Crippen molar-refractivity contribution >= 4 is 34.1 Å². The zero-order valence-electron chi connectivity index (χ0n) is 6.77. The summed E-state index contributed by atoms with van der Waals surface area (Å²) in [5.41, 5.74) is 0. The van der Waals surface area contributed by atoms with E-state index in [1.165, 1.54) is 12.1 Å². The van der Waals surface area contributed by atoms with Crippen molar-refractivity contribution in [2.24, 2.45) is 0 Å². The van der Waals surface area contributed by atoms with Crippen LogP contribution in [0.15, 0.2) is 34.1 Å². The minimum absolute atomic E-state index is 0.0273. The predicted molar refractivity (Wildman–Crippen MR) is 56.5 cm³/mol. The molecular formula is C8H9ClO2S2. The van der Waals surface area contributed by atoms with Gasteiger partial charge >= 0.3 is 0 Å². The normalized spacial score (nSPS) is 11.5. The first-order valence-electron chi connectivity index (χ1n) is 3.64. The van der Waals surface area contributed by atoms with Gasteiger partial charge in [-0.1, -0.05) is 0 Å². The number of hydrogen-bond donors (Lipinski definition) is 1. The second-order valence-electron chi connectivity index (χ2n) is 2.50. The van der Waals surface area contributed by atoms with Crippen molar-refractivity contribution in [2.45, 2.75) is 9.79 Å². The number of hydrogen-bond acceptors (Lipinski definition) is 3. The number of rotatable bonds is 3. The fourth-order valence-electron chi connectivity index (χ4n) is 0.873. The van der Waals surface area contributed by atoms with Crippen LogP contribution in [0.5, 0.6) is 0 Å². The van der Waals surface area contributed by atoms with Gasteiger partial charge in [-0.2, -0.15) is 0 Å². The van der Waals surface area contributed by atoms with Gasteiger partial charge in [-0.15, -0.1) is 24.2 Å². The smallest absolute Gasteiger partial charge is 0.179 e. The summed E-state index contributed by atoms with van der Waals surface area (Å²) in [5.74, 6) is 0.0887. The monoisotopic (exact) mass is 236 g/mol. The summed E-state index contributed by atoms with van der Waals surface area (Å²) in [5, 5.41) is 0. The van der Waals surface area contributed by atoms with Crippen molar-refractivity contribution in [1.82, 2.24) is 0 Å². The molecule has 0 aliphatic rings. The molecule has 0 aliphatic carbocycles. The number of sulfone groups is 1. The highest BCUT2D eigenvalue weighted by Crippen LogP contribution is 2.14. The summed E-state index contributed by atoms with van der Waals surface area (Å²) in [6.07, 6.45) is 0. The summed E-state index contributed by atoms with van der Waals surface area (Å²) in [6.45, 7) is 0. The molecule has 13 heavy (non-hydrogen) atoms. The van der Waals surface area contributed by atoms with Crippen LogP contribution in [0.2, 0.25) is 0 Å². The SMILES string of the molecule is O=S(=O)(CCCl)c1ccc(S)cc1. The van der Waals surface area contributed by atoms with Gasteiger partial charge in [0.25, 0.3) is 0 Å². The lowest BCUT2D eigenvalue weighted by Gasteiger charge is -2.01. The average molecular weight is 237 g/mol. The molecule has 0 heterocycles. The van der Waals surface area contributed by atoms with E-state index >= 15 is 0 Å². The molecule has 0 saturated carbocycles. The summed E-state index contributed by atoms with van der Waals surface area (Å²) in [4.78, 5) is 1.04. The van der Waals surface area contributed by atoms with Crippen LogP contribution in [0, 0.1) is 0 Å². The molecule has 0 amide bonds. The van der Waals surface area contributed by atoms with Crippen molar-refractivity contribution in [1.29, 1.82) is 0 Å². The predicted octanol–water partition coefficient (Wildman–Crippen LogP) is 1.99. The maximum absolute atomic E-state index is 11.4. The van der Waals surface area contributed by atoms with E-state index in [0.717, 1.165) is 4.90 Å². The molecule has 1 rings (SSSR count). The van der Waals surface area contributed by atoms with Crippen LogP contribution >= 0.6 is 24.2 Å². The van der Waals surface area contributed by atoms with E-state index in [-0.39, 0.29) is 11.6 Å². The molecular weight excluding hydrogens is 228 g/mol. The summed E-state index contributed by atoms with van der Waals surface area (Å²) < 4.78 is 22.9. The van der Waals surface area contributed by atoms with E-state index in [9.17, 15) is 8.42 Å². The van der Waals surface area contributed by atoms with Crippen LogP contribution in [0.4, 0.5) is 0 Å². The van der Waals surface area contributed by atoms with Crippen LogP contribution in [-0.2, 0) is 9.84 Å². The van der Waals surface area contributed by atoms with E-state index in [0.29, 0.717) is 4.90 Å². The quantitative estimate of drug-likeness (QED) is 0.643. The zero-order valence-corrected chi connectivity index (χ0v) is 9.24. The van der Waals surface area contributed by atoms with Gasteiger partial charge < -0.3 is 0 Å². The first-order valence-corrected chi connectivity index (χ1v) is 6.27. The number of halogens is 1. The lowest BCUT2D eigenvalue weighted by atomic mass is 10.4. The minimum atomic E-state index is -3.19. The summed E-state index contributed by atoms with van der Waals surface area (Å²) in [7, 11) is -3.19. The molecule has 0 aliphatic heterocycles. The van der Waals surface area contributed by atoms with Crippen molar-refractivity contribution in [3.05, 3.63) is 24.3 Å². The first kappa shape index (κ1) is 10.9. The molecule has 2 nitrogen and oxygen atoms in total. The lowest BCUT2D eigenvalue weighted by Crippen LogP contribution is -2.07. The van der Waals surface area contributed by atoms with Crippen molar-refractivity contribution in [2.75, 3.05) is 11.6 Å². The van der Waals surface area contributed by atoms with E-state index in [4.69, 9.17) is 11.6 Å². The Balaban J connectivity index is 3.02. The van der Waals surface area contributed by atoms with E-state index in [1.807, 2.05) is 0 Å². The maximum Gasteiger partial charge on any atom is 0.179 e. The Hall–Kier alpha value is -0.190. The molecule has 0 radical (unpaired) electrons. The lowest BCUT2D eigenvalue weighted by molar-refractivity contribution is 0.597. The molecule has 0 spiro atoms. The van der Waals surface area contributed by atoms with Crippen molar-refractivity contribution in [3.8, 4) is 0 Å². The van der Waals surface area contributed by atoms with Crippen LogP contribution < -0.4 is 0 Å². The van der Waals surface area contributed by atoms with Gasteiger partial charge in [-0.25, -0.2) is 8.42 Å². The number of benzene rings is 1. The molecule has 0 N–H and O–H groups in total. The Morgan fingerprint density at radius 3 is 2.23 bits per heavy atom. The molecule has 1 aromatic rings. The van der Waals surface area contributed by atoms with Gasteiger partial charge in [-0.05, 0) is 24.3 Å². The highest BCUT2D eigenvalue weighted by atomic mass is 35.5. The van der Waals surface area contributed by atoms with Crippen LogP contribution in [0.25, 0.3) is 0 Å². The largest absolute Gasteiger partial charge is 0.224 e. The second-order valence-corrected chi connectivity index (χ2v) is 5.51. The highest BCUT2D eigenvalue weighted by Gasteiger charge is 2.12. The van der Waals surface area contributed by atoms with Gasteiger partial charge in [0.2, 0.25) is 0 Å². The summed E-state index contributed by atoms with van der Waals surface area (Å²) in [6, 6.07) is 6.35. The molecule has 0 atom stereocenters. The van der Waals surface area contributed by atoms with Crippen molar-refractivity contribution < 1.29 is 8.42 Å². The number of thiol groups is 1. The van der Waals surface area contributed by atoms with E-state index < -0.39 is 9.84 Å². The molecule has 0 saturated heterocycles. The fourth-order valence-corrected chi connectivity index (χ4v) is 2.62. The molecule has 0 fully saturated rings. The Morgan fingerprint density at radius 2 is 1.77 bits per heavy atom. The molecule has 1 aromatic carbocycles. The standard InChI is InChI=1S/C8H9ClO2S2/c9-5-6-13(10,11)8-3-1-7(12)2-4-8/h1-4,12H,5-6H2. The topological polar surface area (TPSA) is 34.1 Å². The first-order chi connectivity index (χ1) is 6.06. The Morgan fingerprint density at radius 1 is 1.23 bits per heavy atom. The van der Waals surface area contributed by atoms with E-state index in [1.54, 1.807) is 12.1 Å². The molecule has 0 aromatic heterocycles. The van der Waals surface area contributed by atoms with Crippen LogP contribution in [0.3, 0.4) is 0 Å². The Bertz CT molecular complexity index is 370. The van der Waals surface area contributed by atoms with Gasteiger partial charge in [0.1, 0.15) is 0 Å². The summed E-state index contributed by atoms with van der Waals surface area (Å²) >= 11 is 9.43. The van der Waals surface area contributed by atoms with Crippen molar-refractivity contribution in [3.63, 3.8) is 0 Å². The third-order valence-electron chi connectivity index (χ3n) is 1.54. The Kier molecular flexibility index (Phi) is 3.64. The van der Waals surface area contributed by atoms with E-state index in [2.05, 4.69) is 12.6 Å². The second kappa shape index (κ2) is 4.35. The molecule has 72 valence electrons. The molecule has 0 bridgehead atoms. The maximum atomic E-state index is 11.4. The third kappa shape index (κ3) is 2.90. The average Bonchev–Trinajstić information content (AvgIpc) is 2.05.